The molecule has 1 saturated carbocycles. The zero-order valence-corrected chi connectivity index (χ0v) is 22.2. The molecule has 2 amide bonds. The maximum absolute atomic E-state index is 13.3. The molecule has 0 radical (unpaired) electrons. The summed E-state index contributed by atoms with van der Waals surface area (Å²) in [5.41, 5.74) is 3.47. The Labute approximate surface area is 220 Å². The Kier molecular flexibility index (Phi) is 7.30. The van der Waals surface area contributed by atoms with Crippen LogP contribution in [0.15, 0.2) is 24.3 Å². The first kappa shape index (κ1) is 25.4. The summed E-state index contributed by atoms with van der Waals surface area (Å²) in [5.74, 6) is -1.09. The molecule has 10 heteroatoms. The predicted molar refractivity (Wildman–Crippen MR) is 142 cm³/mol. The summed E-state index contributed by atoms with van der Waals surface area (Å²) in [5, 5.41) is 7.59. The van der Waals surface area contributed by atoms with Crippen molar-refractivity contribution in [1.29, 1.82) is 0 Å². The van der Waals surface area contributed by atoms with E-state index in [4.69, 9.17) is 4.74 Å². The molecule has 1 aliphatic carbocycles. The maximum atomic E-state index is 13.3. The Morgan fingerprint density at radius 3 is 2.78 bits per heavy atom. The van der Waals surface area contributed by atoms with Gasteiger partial charge in [0, 0.05) is 41.3 Å². The Morgan fingerprint density at radius 1 is 1.16 bits per heavy atom. The van der Waals surface area contributed by atoms with Crippen molar-refractivity contribution >= 4 is 40.0 Å². The van der Waals surface area contributed by atoms with E-state index in [9.17, 15) is 14.4 Å². The van der Waals surface area contributed by atoms with Gasteiger partial charge in [-0.05, 0) is 58.4 Å². The monoisotopic (exact) mass is 523 g/mol. The smallest absolute Gasteiger partial charge is 0.308 e. The zero-order chi connectivity index (χ0) is 26.1. The second-order valence-corrected chi connectivity index (χ2v) is 11.2. The summed E-state index contributed by atoms with van der Waals surface area (Å²) < 4.78 is 5.25. The molecule has 3 N–H and O–H groups in total. The van der Waals surface area contributed by atoms with Crippen molar-refractivity contribution in [3.05, 3.63) is 51.1 Å². The number of thiazole rings is 1. The number of aromatic nitrogens is 2. The van der Waals surface area contributed by atoms with E-state index in [-0.39, 0.29) is 29.7 Å². The number of fused-ring (bicyclic) bond motifs is 2. The third kappa shape index (κ3) is 5.55. The zero-order valence-electron chi connectivity index (χ0n) is 21.4. The van der Waals surface area contributed by atoms with Gasteiger partial charge in [0.05, 0.1) is 24.3 Å². The first-order chi connectivity index (χ1) is 17.8. The average Bonchev–Trinajstić information content (AvgIpc) is 3.49. The normalized spacial score (nSPS) is 21.9. The number of carbonyl (C=O) groups excluding carboxylic acids is 3. The van der Waals surface area contributed by atoms with Crippen LogP contribution in [0.4, 0.5) is 0 Å². The van der Waals surface area contributed by atoms with Crippen LogP contribution in [-0.4, -0.2) is 64.9 Å². The van der Waals surface area contributed by atoms with E-state index in [1.807, 2.05) is 31.2 Å². The molecule has 0 saturated heterocycles. The molecule has 3 heterocycles. The van der Waals surface area contributed by atoms with Gasteiger partial charge in [0.15, 0.2) is 5.01 Å². The minimum atomic E-state index is -0.421. The number of nitrogens with zero attached hydrogens (tertiary/aromatic N) is 2. The number of aryl methyl sites for hydroxylation is 1. The molecule has 0 spiro atoms. The molecule has 3 atom stereocenters. The summed E-state index contributed by atoms with van der Waals surface area (Å²) >= 11 is 1.42. The summed E-state index contributed by atoms with van der Waals surface area (Å²) in [7, 11) is 2.06. The number of likely N-dealkylation sites (N-methyl/N-ethyl adjacent to an activating group) is 1. The van der Waals surface area contributed by atoms with Crippen LogP contribution < -0.4 is 10.6 Å². The Hall–Kier alpha value is -3.24. The molecule has 3 aromatic rings. The highest BCUT2D eigenvalue weighted by Crippen LogP contribution is 2.29. The number of nitrogens with one attached hydrogen (secondary N) is 3. The Balaban J connectivity index is 1.33. The lowest BCUT2D eigenvalue weighted by atomic mass is 9.82. The largest absolute Gasteiger partial charge is 0.466 e. The van der Waals surface area contributed by atoms with Gasteiger partial charge in [-0.1, -0.05) is 11.6 Å². The number of carbonyl (C=O) groups is 3. The van der Waals surface area contributed by atoms with Gasteiger partial charge in [-0.15, -0.1) is 11.3 Å². The number of hydrogen-bond donors (Lipinski definition) is 3. The summed E-state index contributed by atoms with van der Waals surface area (Å²) in [6, 6.07) is 7.08. The number of esters is 1. The lowest BCUT2D eigenvalue weighted by Gasteiger charge is -2.35. The summed E-state index contributed by atoms with van der Waals surface area (Å²) in [6.07, 6.45) is 2.36. The second-order valence-electron chi connectivity index (χ2n) is 10.1. The fourth-order valence-corrected chi connectivity index (χ4v) is 6.34. The molecule has 5 rings (SSSR count). The van der Waals surface area contributed by atoms with Crippen molar-refractivity contribution in [1.82, 2.24) is 25.5 Å². The van der Waals surface area contributed by atoms with Gasteiger partial charge in [0.1, 0.15) is 5.69 Å². The minimum Gasteiger partial charge on any atom is -0.466 e. The highest BCUT2D eigenvalue weighted by Gasteiger charge is 2.37. The molecule has 1 fully saturated rings. The number of rotatable bonds is 6. The molecule has 1 aromatic carbocycles. The van der Waals surface area contributed by atoms with Crippen LogP contribution in [0.5, 0.6) is 0 Å². The van der Waals surface area contributed by atoms with Crippen molar-refractivity contribution in [2.24, 2.45) is 5.92 Å². The fraction of sp³-hybridized carbons (Fsp3) is 0.481. The van der Waals surface area contributed by atoms with Gasteiger partial charge < -0.3 is 25.3 Å². The fourth-order valence-electron chi connectivity index (χ4n) is 5.25. The van der Waals surface area contributed by atoms with E-state index < -0.39 is 6.04 Å². The van der Waals surface area contributed by atoms with Gasteiger partial charge in [-0.2, -0.15) is 0 Å². The molecule has 1 aliphatic heterocycles. The van der Waals surface area contributed by atoms with Crippen molar-refractivity contribution in [3.8, 4) is 0 Å². The van der Waals surface area contributed by atoms with Gasteiger partial charge in [0.25, 0.3) is 11.8 Å². The lowest BCUT2D eigenvalue weighted by molar-refractivity contribution is -0.149. The minimum absolute atomic E-state index is 0.236. The number of hydrogen-bond acceptors (Lipinski definition) is 7. The van der Waals surface area contributed by atoms with Crippen LogP contribution in [0.25, 0.3) is 10.9 Å². The third-order valence-electron chi connectivity index (χ3n) is 7.24. The molecule has 37 heavy (non-hydrogen) atoms. The van der Waals surface area contributed by atoms with Crippen LogP contribution in [0.1, 0.15) is 62.6 Å². The number of ether oxygens (including phenoxy) is 1. The van der Waals surface area contributed by atoms with Crippen molar-refractivity contribution in [3.63, 3.8) is 0 Å². The van der Waals surface area contributed by atoms with Crippen LogP contribution in [0.2, 0.25) is 0 Å². The van der Waals surface area contributed by atoms with Gasteiger partial charge in [-0.25, -0.2) is 4.98 Å². The van der Waals surface area contributed by atoms with E-state index in [0.717, 1.165) is 46.5 Å². The van der Waals surface area contributed by atoms with Crippen molar-refractivity contribution in [2.45, 2.75) is 58.2 Å². The van der Waals surface area contributed by atoms with E-state index in [2.05, 4.69) is 32.5 Å². The van der Waals surface area contributed by atoms with Crippen LogP contribution in [-0.2, 0) is 22.5 Å². The van der Waals surface area contributed by atoms with Crippen LogP contribution >= 0.6 is 11.3 Å². The van der Waals surface area contributed by atoms with Crippen LogP contribution in [0.3, 0.4) is 0 Å². The molecule has 9 nitrogen and oxygen atoms in total. The van der Waals surface area contributed by atoms with Crippen molar-refractivity contribution < 1.29 is 19.1 Å². The number of benzene rings is 1. The quantitative estimate of drug-likeness (QED) is 0.428. The topological polar surface area (TPSA) is 116 Å². The number of H-pyrrole nitrogens is 1. The Bertz CT molecular complexity index is 1330. The number of amides is 2. The molecule has 2 aliphatic rings. The SMILES string of the molecule is CCOC(=O)[C@H]1CC[C@@H](NC(=O)c2cc3cc(C)ccc3[nH]2)[C@H](NC(=O)c2nc3c(s2)CN(C)CC3)C1. The summed E-state index contributed by atoms with van der Waals surface area (Å²) in [6.45, 7) is 5.82. The average molecular weight is 524 g/mol. The van der Waals surface area contributed by atoms with Crippen molar-refractivity contribution in [2.75, 3.05) is 20.2 Å². The van der Waals surface area contributed by atoms with Crippen LogP contribution in [0, 0.1) is 12.8 Å². The van der Waals surface area contributed by atoms with E-state index in [1.54, 1.807) is 6.92 Å². The third-order valence-corrected chi connectivity index (χ3v) is 8.32. The highest BCUT2D eigenvalue weighted by molar-refractivity contribution is 7.13. The first-order valence-corrected chi connectivity index (χ1v) is 13.7. The number of aromatic amines is 1. The van der Waals surface area contributed by atoms with Gasteiger partial charge in [-0.3, -0.25) is 14.4 Å². The Morgan fingerprint density at radius 2 is 1.97 bits per heavy atom. The second kappa shape index (κ2) is 10.6. The molecule has 0 unspecified atom stereocenters. The van der Waals surface area contributed by atoms with E-state index >= 15 is 0 Å². The molecular weight excluding hydrogens is 490 g/mol. The standard InChI is InChI=1S/C27H33N5O4S/c1-4-36-27(35)16-6-8-19(29-24(33)22-13-17-11-15(2)5-7-18(17)28-22)21(12-16)30-25(34)26-31-20-9-10-32(3)14-23(20)37-26/h5,7,11,13,16,19,21,28H,4,6,8-10,12,14H2,1-3H3,(H,29,33)(H,30,34)/t16-,19+,21+/m0/s1. The first-order valence-electron chi connectivity index (χ1n) is 12.9. The maximum Gasteiger partial charge on any atom is 0.308 e. The van der Waals surface area contributed by atoms with Gasteiger partial charge in [0.2, 0.25) is 0 Å². The van der Waals surface area contributed by atoms with E-state index in [0.29, 0.717) is 36.6 Å². The summed E-state index contributed by atoms with van der Waals surface area (Å²) in [4.78, 5) is 50.0. The molecule has 2 aromatic heterocycles. The highest BCUT2D eigenvalue weighted by atomic mass is 32.1. The van der Waals surface area contributed by atoms with Gasteiger partial charge >= 0.3 is 5.97 Å². The lowest BCUT2D eigenvalue weighted by Crippen LogP contribution is -2.55. The molecular formula is C27H33N5O4S. The predicted octanol–water partition coefficient (Wildman–Crippen LogP) is 3.18. The molecule has 0 bridgehead atoms. The van der Waals surface area contributed by atoms with E-state index in [1.165, 1.54) is 11.3 Å². The molecule has 196 valence electrons.